The molecule has 0 saturated heterocycles. The Labute approximate surface area is 140 Å². The standard InChI is InChI=1S/C17H18N2O4S/c1-11-8-14(5-7-16(11)22-3)24(20,21)18-10-13-4-6-17-15(9-13)19-12(2)23-17/h4-9,18H,10H2,1-3H3. The van der Waals surface area contributed by atoms with E-state index in [4.69, 9.17) is 9.15 Å². The summed E-state index contributed by atoms with van der Waals surface area (Å²) >= 11 is 0. The van der Waals surface area contributed by atoms with Gasteiger partial charge in [-0.3, -0.25) is 0 Å². The first kappa shape index (κ1) is 16.5. The van der Waals surface area contributed by atoms with E-state index >= 15 is 0 Å². The summed E-state index contributed by atoms with van der Waals surface area (Å²) in [5, 5.41) is 0. The van der Waals surface area contributed by atoms with Gasteiger partial charge in [0, 0.05) is 13.5 Å². The molecule has 1 N–H and O–H groups in total. The summed E-state index contributed by atoms with van der Waals surface area (Å²) in [5.74, 6) is 1.23. The van der Waals surface area contributed by atoms with Gasteiger partial charge in [0.25, 0.3) is 0 Å². The van der Waals surface area contributed by atoms with Gasteiger partial charge in [0.05, 0.1) is 12.0 Å². The number of nitrogens with one attached hydrogen (secondary N) is 1. The third-order valence-electron chi connectivity index (χ3n) is 3.70. The molecule has 6 nitrogen and oxygen atoms in total. The Bertz CT molecular complexity index is 993. The monoisotopic (exact) mass is 346 g/mol. The molecule has 126 valence electrons. The van der Waals surface area contributed by atoms with Crippen LogP contribution in [0, 0.1) is 13.8 Å². The van der Waals surface area contributed by atoms with Crippen LogP contribution in [0.25, 0.3) is 11.1 Å². The Hall–Kier alpha value is -2.38. The van der Waals surface area contributed by atoms with Gasteiger partial charge in [0.1, 0.15) is 11.3 Å². The number of fused-ring (bicyclic) bond motifs is 1. The van der Waals surface area contributed by atoms with Gasteiger partial charge in [0.15, 0.2) is 11.5 Å². The lowest BCUT2D eigenvalue weighted by molar-refractivity contribution is 0.411. The van der Waals surface area contributed by atoms with E-state index in [9.17, 15) is 8.42 Å². The molecule has 3 aromatic rings. The van der Waals surface area contributed by atoms with E-state index in [-0.39, 0.29) is 11.4 Å². The van der Waals surface area contributed by atoms with Crippen molar-refractivity contribution < 1.29 is 17.6 Å². The van der Waals surface area contributed by atoms with Crippen molar-refractivity contribution in [2.24, 2.45) is 0 Å². The molecule has 0 unspecified atom stereocenters. The molecular weight excluding hydrogens is 328 g/mol. The van der Waals surface area contributed by atoms with Crippen molar-refractivity contribution in [3.8, 4) is 5.75 Å². The highest BCUT2D eigenvalue weighted by molar-refractivity contribution is 7.89. The molecule has 2 aromatic carbocycles. The number of nitrogens with zero attached hydrogens (tertiary/aromatic N) is 1. The molecule has 3 rings (SSSR count). The second kappa shape index (κ2) is 6.26. The van der Waals surface area contributed by atoms with Crippen LogP contribution >= 0.6 is 0 Å². The molecule has 0 aliphatic rings. The van der Waals surface area contributed by atoms with Gasteiger partial charge < -0.3 is 9.15 Å². The molecule has 24 heavy (non-hydrogen) atoms. The molecule has 7 heteroatoms. The zero-order chi connectivity index (χ0) is 17.3. The van der Waals surface area contributed by atoms with Crippen molar-refractivity contribution in [3.63, 3.8) is 0 Å². The van der Waals surface area contributed by atoms with Crippen molar-refractivity contribution in [3.05, 3.63) is 53.4 Å². The number of benzene rings is 2. The fourth-order valence-corrected chi connectivity index (χ4v) is 3.58. The number of methoxy groups -OCH3 is 1. The van der Waals surface area contributed by atoms with Gasteiger partial charge in [-0.15, -0.1) is 0 Å². The third-order valence-corrected chi connectivity index (χ3v) is 5.10. The molecule has 1 heterocycles. The average molecular weight is 346 g/mol. The van der Waals surface area contributed by atoms with E-state index in [1.54, 1.807) is 39.2 Å². The summed E-state index contributed by atoms with van der Waals surface area (Å²) < 4.78 is 38.0. The molecular formula is C17H18N2O4S. The van der Waals surface area contributed by atoms with Crippen LogP contribution in [0.4, 0.5) is 0 Å². The normalized spacial score (nSPS) is 11.8. The van der Waals surface area contributed by atoms with Crippen LogP contribution < -0.4 is 9.46 Å². The second-order valence-corrected chi connectivity index (χ2v) is 7.26. The van der Waals surface area contributed by atoms with Crippen LogP contribution in [0.2, 0.25) is 0 Å². The van der Waals surface area contributed by atoms with Gasteiger partial charge in [-0.25, -0.2) is 18.1 Å². The van der Waals surface area contributed by atoms with Gasteiger partial charge >= 0.3 is 0 Å². The smallest absolute Gasteiger partial charge is 0.240 e. The van der Waals surface area contributed by atoms with Crippen molar-refractivity contribution in [1.29, 1.82) is 0 Å². The Kier molecular flexibility index (Phi) is 4.29. The number of aryl methyl sites for hydroxylation is 2. The summed E-state index contributed by atoms with van der Waals surface area (Å²) in [5.41, 5.74) is 2.97. The molecule has 0 saturated carbocycles. The van der Waals surface area contributed by atoms with Crippen LogP contribution in [0.5, 0.6) is 5.75 Å². The first-order chi connectivity index (χ1) is 11.4. The lowest BCUT2D eigenvalue weighted by Gasteiger charge is -2.09. The van der Waals surface area contributed by atoms with Crippen molar-refractivity contribution in [2.45, 2.75) is 25.3 Å². The largest absolute Gasteiger partial charge is 0.496 e. The molecule has 0 spiro atoms. The minimum Gasteiger partial charge on any atom is -0.496 e. The molecule has 0 radical (unpaired) electrons. The van der Waals surface area contributed by atoms with Gasteiger partial charge in [-0.05, 0) is 48.4 Å². The Balaban J connectivity index is 1.79. The van der Waals surface area contributed by atoms with Crippen LogP contribution in [0.15, 0.2) is 45.7 Å². The number of rotatable bonds is 5. The summed E-state index contributed by atoms with van der Waals surface area (Å²) in [6.07, 6.45) is 0. The fraction of sp³-hybridized carbons (Fsp3) is 0.235. The van der Waals surface area contributed by atoms with Crippen LogP contribution in [0.3, 0.4) is 0 Å². The minimum absolute atomic E-state index is 0.176. The SMILES string of the molecule is COc1ccc(S(=O)(=O)NCc2ccc3oc(C)nc3c2)cc1C. The predicted octanol–water partition coefficient (Wildman–Crippen LogP) is 2.93. The molecule has 1 aromatic heterocycles. The van der Waals surface area contributed by atoms with Crippen LogP contribution in [-0.4, -0.2) is 20.5 Å². The highest BCUT2D eigenvalue weighted by atomic mass is 32.2. The van der Waals surface area contributed by atoms with Crippen molar-refractivity contribution in [1.82, 2.24) is 9.71 Å². The number of hydrogen-bond acceptors (Lipinski definition) is 5. The maximum Gasteiger partial charge on any atom is 0.240 e. The zero-order valence-electron chi connectivity index (χ0n) is 13.7. The molecule has 0 aliphatic heterocycles. The topological polar surface area (TPSA) is 81.4 Å². The molecule has 0 amide bonds. The summed E-state index contributed by atoms with van der Waals surface area (Å²) in [4.78, 5) is 4.46. The first-order valence-corrected chi connectivity index (χ1v) is 8.88. The minimum atomic E-state index is -3.60. The predicted molar refractivity (Wildman–Crippen MR) is 90.5 cm³/mol. The number of hydrogen-bond donors (Lipinski definition) is 1. The lowest BCUT2D eigenvalue weighted by atomic mass is 10.2. The highest BCUT2D eigenvalue weighted by Gasteiger charge is 2.15. The van der Waals surface area contributed by atoms with E-state index in [2.05, 4.69) is 9.71 Å². The number of aromatic nitrogens is 1. The lowest BCUT2D eigenvalue weighted by Crippen LogP contribution is -2.23. The maximum absolute atomic E-state index is 12.4. The molecule has 0 atom stereocenters. The molecule has 0 fully saturated rings. The number of oxazole rings is 1. The van der Waals surface area contributed by atoms with E-state index in [1.807, 2.05) is 12.1 Å². The second-order valence-electron chi connectivity index (χ2n) is 5.49. The Morgan fingerprint density at radius 1 is 1.17 bits per heavy atom. The number of sulfonamides is 1. The van der Waals surface area contributed by atoms with Crippen LogP contribution in [-0.2, 0) is 16.6 Å². The summed E-state index contributed by atoms with van der Waals surface area (Å²) in [6, 6.07) is 10.2. The third kappa shape index (κ3) is 3.27. The van der Waals surface area contributed by atoms with E-state index in [0.29, 0.717) is 22.7 Å². The molecule has 0 aliphatic carbocycles. The van der Waals surface area contributed by atoms with E-state index < -0.39 is 10.0 Å². The van der Waals surface area contributed by atoms with Gasteiger partial charge in [0.2, 0.25) is 10.0 Å². The van der Waals surface area contributed by atoms with Gasteiger partial charge in [-0.1, -0.05) is 6.07 Å². The van der Waals surface area contributed by atoms with E-state index in [1.165, 1.54) is 6.07 Å². The fourth-order valence-electron chi connectivity index (χ4n) is 2.48. The molecule has 0 bridgehead atoms. The highest BCUT2D eigenvalue weighted by Crippen LogP contribution is 2.22. The average Bonchev–Trinajstić information content (AvgIpc) is 2.92. The van der Waals surface area contributed by atoms with E-state index in [0.717, 1.165) is 11.1 Å². The first-order valence-electron chi connectivity index (χ1n) is 7.39. The number of ether oxygens (including phenoxy) is 1. The Morgan fingerprint density at radius 3 is 2.67 bits per heavy atom. The zero-order valence-corrected chi connectivity index (χ0v) is 14.5. The maximum atomic E-state index is 12.4. The van der Waals surface area contributed by atoms with Crippen molar-refractivity contribution >= 4 is 21.1 Å². The van der Waals surface area contributed by atoms with Crippen LogP contribution in [0.1, 0.15) is 17.0 Å². The van der Waals surface area contributed by atoms with Gasteiger partial charge in [-0.2, -0.15) is 0 Å². The Morgan fingerprint density at radius 2 is 1.96 bits per heavy atom. The van der Waals surface area contributed by atoms with Crippen molar-refractivity contribution in [2.75, 3.05) is 7.11 Å². The summed E-state index contributed by atoms with van der Waals surface area (Å²) in [6.45, 7) is 3.75. The summed E-state index contributed by atoms with van der Waals surface area (Å²) in [7, 11) is -2.05. The quantitative estimate of drug-likeness (QED) is 0.768.